The Bertz CT molecular complexity index is 853. The van der Waals surface area contributed by atoms with Crippen molar-refractivity contribution in [3.63, 3.8) is 0 Å². The number of H-pyrrole nitrogens is 1. The van der Waals surface area contributed by atoms with Crippen LogP contribution in [0.4, 0.5) is 0 Å². The van der Waals surface area contributed by atoms with E-state index in [1.54, 1.807) is 0 Å². The van der Waals surface area contributed by atoms with Crippen LogP contribution in [0.15, 0.2) is 12.5 Å². The van der Waals surface area contributed by atoms with Gasteiger partial charge in [0, 0.05) is 30.5 Å². The molecular formula is C20H33N7O7S. The van der Waals surface area contributed by atoms with Gasteiger partial charge in [0.05, 0.1) is 12.4 Å². The molecule has 1 aromatic rings. The monoisotopic (exact) mass is 515 g/mol. The molecule has 4 atom stereocenters. The average Bonchev–Trinajstić information content (AvgIpc) is 3.31. The number of carboxylic acid groups (broad SMARTS) is 2. The smallest absolute Gasteiger partial charge is 0.326 e. The highest BCUT2D eigenvalue weighted by Crippen LogP contribution is 2.05. The van der Waals surface area contributed by atoms with E-state index in [0.717, 1.165) is 0 Å². The zero-order valence-electron chi connectivity index (χ0n) is 19.1. The number of amides is 3. The molecule has 0 saturated carbocycles. The number of carbonyl (C=O) groups excluding carboxylic acids is 3. The number of hydrogen-bond donors (Lipinski definition) is 9. The zero-order chi connectivity index (χ0) is 26.4. The molecule has 0 spiro atoms. The predicted molar refractivity (Wildman–Crippen MR) is 127 cm³/mol. The van der Waals surface area contributed by atoms with Crippen molar-refractivity contribution in [1.29, 1.82) is 0 Å². The molecule has 0 radical (unpaired) electrons. The van der Waals surface area contributed by atoms with Crippen molar-refractivity contribution in [2.45, 2.75) is 62.7 Å². The van der Waals surface area contributed by atoms with E-state index < -0.39 is 60.2 Å². The SMILES string of the molecule is NCCCCC(NC(=O)C(CS)NC(=O)C(CCC(=O)O)NC(=O)C(N)Cc1cnc[nH]1)C(=O)O. The first kappa shape index (κ1) is 29.9. The Morgan fingerprint density at radius 3 is 2.14 bits per heavy atom. The largest absolute Gasteiger partial charge is 0.481 e. The highest BCUT2D eigenvalue weighted by Gasteiger charge is 2.30. The van der Waals surface area contributed by atoms with E-state index in [9.17, 15) is 29.1 Å². The van der Waals surface area contributed by atoms with Gasteiger partial charge in [-0.25, -0.2) is 9.78 Å². The predicted octanol–water partition coefficient (Wildman–Crippen LogP) is -2.26. The minimum atomic E-state index is -1.30. The number of aliphatic carboxylic acids is 2. The van der Waals surface area contributed by atoms with Gasteiger partial charge >= 0.3 is 11.9 Å². The highest BCUT2D eigenvalue weighted by molar-refractivity contribution is 7.80. The van der Waals surface area contributed by atoms with Gasteiger partial charge in [0.25, 0.3) is 0 Å². The van der Waals surface area contributed by atoms with Crippen LogP contribution in [0.1, 0.15) is 37.8 Å². The van der Waals surface area contributed by atoms with Crippen molar-refractivity contribution >= 4 is 42.3 Å². The number of nitrogens with one attached hydrogen (secondary N) is 4. The Balaban J connectivity index is 2.82. The number of aromatic amines is 1. The second-order valence-corrected chi connectivity index (χ2v) is 8.17. The van der Waals surface area contributed by atoms with Crippen molar-refractivity contribution in [2.75, 3.05) is 12.3 Å². The summed E-state index contributed by atoms with van der Waals surface area (Å²) in [5.74, 6) is -4.93. The van der Waals surface area contributed by atoms with E-state index in [2.05, 4.69) is 38.5 Å². The quantitative estimate of drug-likeness (QED) is 0.0796. The number of rotatable bonds is 17. The third kappa shape index (κ3) is 11.2. The minimum absolute atomic E-state index is 0.0987. The summed E-state index contributed by atoms with van der Waals surface area (Å²) in [5.41, 5.74) is 11.9. The van der Waals surface area contributed by atoms with Crippen LogP contribution in [0.2, 0.25) is 0 Å². The minimum Gasteiger partial charge on any atom is -0.481 e. The summed E-state index contributed by atoms with van der Waals surface area (Å²) < 4.78 is 0. The number of imidazole rings is 1. The molecule has 0 aliphatic heterocycles. The second-order valence-electron chi connectivity index (χ2n) is 7.81. The van der Waals surface area contributed by atoms with Gasteiger partial charge in [-0.3, -0.25) is 19.2 Å². The number of hydrogen-bond acceptors (Lipinski definition) is 9. The van der Waals surface area contributed by atoms with Crippen LogP contribution >= 0.6 is 12.6 Å². The van der Waals surface area contributed by atoms with Gasteiger partial charge in [0.1, 0.15) is 18.1 Å². The molecular weight excluding hydrogens is 482 g/mol. The number of aromatic nitrogens is 2. The Morgan fingerprint density at radius 1 is 0.971 bits per heavy atom. The van der Waals surface area contributed by atoms with Crippen LogP contribution in [-0.4, -0.2) is 86.3 Å². The Hall–Kier alpha value is -3.17. The molecule has 1 aromatic heterocycles. The van der Waals surface area contributed by atoms with Gasteiger partial charge in [-0.15, -0.1) is 0 Å². The summed E-state index contributed by atoms with van der Waals surface area (Å²) in [6, 6.07) is -4.77. The lowest BCUT2D eigenvalue weighted by Crippen LogP contribution is -2.57. The summed E-state index contributed by atoms with van der Waals surface area (Å²) in [6.07, 6.45) is 3.51. The van der Waals surface area contributed by atoms with Crippen molar-refractivity contribution < 1.29 is 34.2 Å². The molecule has 4 unspecified atom stereocenters. The number of carbonyl (C=O) groups is 5. The summed E-state index contributed by atoms with van der Waals surface area (Å²) in [6.45, 7) is 0.380. The molecule has 10 N–H and O–H groups in total. The van der Waals surface area contributed by atoms with E-state index in [1.807, 2.05) is 0 Å². The number of unbranched alkanes of at least 4 members (excludes halogenated alkanes) is 1. The van der Waals surface area contributed by atoms with E-state index in [0.29, 0.717) is 25.1 Å². The molecule has 35 heavy (non-hydrogen) atoms. The number of nitrogens with two attached hydrogens (primary N) is 2. The first-order chi connectivity index (χ1) is 16.6. The van der Waals surface area contributed by atoms with Crippen LogP contribution < -0.4 is 27.4 Å². The van der Waals surface area contributed by atoms with Crippen LogP contribution in [-0.2, 0) is 30.4 Å². The lowest BCUT2D eigenvalue weighted by Gasteiger charge is -2.24. The molecule has 196 valence electrons. The summed E-state index contributed by atoms with van der Waals surface area (Å²) in [5, 5.41) is 25.5. The molecule has 0 bridgehead atoms. The molecule has 0 aromatic carbocycles. The maximum absolute atomic E-state index is 12.8. The lowest BCUT2D eigenvalue weighted by atomic mass is 10.1. The first-order valence-electron chi connectivity index (χ1n) is 11.0. The van der Waals surface area contributed by atoms with E-state index >= 15 is 0 Å². The number of thiol groups is 1. The Labute approximate surface area is 207 Å². The van der Waals surface area contributed by atoms with E-state index in [4.69, 9.17) is 16.6 Å². The molecule has 3 amide bonds. The molecule has 1 rings (SSSR count). The molecule has 1 heterocycles. The van der Waals surface area contributed by atoms with Crippen LogP contribution in [0.25, 0.3) is 0 Å². The van der Waals surface area contributed by atoms with E-state index in [1.165, 1.54) is 12.5 Å². The van der Waals surface area contributed by atoms with E-state index in [-0.39, 0.29) is 25.0 Å². The molecule has 14 nitrogen and oxygen atoms in total. The Morgan fingerprint density at radius 2 is 1.60 bits per heavy atom. The summed E-state index contributed by atoms with van der Waals surface area (Å²) in [4.78, 5) is 67.0. The number of carboxylic acids is 2. The number of nitrogens with zero attached hydrogens (tertiary/aromatic N) is 1. The fourth-order valence-corrected chi connectivity index (χ4v) is 3.29. The van der Waals surface area contributed by atoms with Crippen LogP contribution in [0.3, 0.4) is 0 Å². The molecule has 0 aliphatic carbocycles. The van der Waals surface area contributed by atoms with Crippen LogP contribution in [0, 0.1) is 0 Å². The molecule has 0 aliphatic rings. The highest BCUT2D eigenvalue weighted by atomic mass is 32.1. The topological polar surface area (TPSA) is 243 Å². The first-order valence-corrected chi connectivity index (χ1v) is 11.6. The molecule has 0 saturated heterocycles. The summed E-state index contributed by atoms with van der Waals surface area (Å²) in [7, 11) is 0. The van der Waals surface area contributed by atoms with Crippen molar-refractivity contribution in [1.82, 2.24) is 25.9 Å². The second kappa shape index (κ2) is 15.7. The van der Waals surface area contributed by atoms with Crippen molar-refractivity contribution in [2.24, 2.45) is 11.5 Å². The maximum atomic E-state index is 12.8. The van der Waals surface area contributed by atoms with Gasteiger partial charge in [0.15, 0.2) is 0 Å². The van der Waals surface area contributed by atoms with Gasteiger partial charge in [-0.1, -0.05) is 0 Å². The molecule has 0 fully saturated rings. The lowest BCUT2D eigenvalue weighted by molar-refractivity contribution is -0.142. The summed E-state index contributed by atoms with van der Waals surface area (Å²) >= 11 is 4.04. The van der Waals surface area contributed by atoms with Crippen molar-refractivity contribution in [3.8, 4) is 0 Å². The van der Waals surface area contributed by atoms with Crippen LogP contribution in [0.5, 0.6) is 0 Å². The third-order valence-corrected chi connectivity index (χ3v) is 5.35. The maximum Gasteiger partial charge on any atom is 0.326 e. The fraction of sp³-hybridized carbons (Fsp3) is 0.600. The van der Waals surface area contributed by atoms with Crippen molar-refractivity contribution in [3.05, 3.63) is 18.2 Å². The molecule has 15 heteroatoms. The third-order valence-electron chi connectivity index (χ3n) is 4.99. The average molecular weight is 516 g/mol. The Kier molecular flexibility index (Phi) is 13.4. The van der Waals surface area contributed by atoms with Gasteiger partial charge < -0.3 is 42.6 Å². The van der Waals surface area contributed by atoms with Gasteiger partial charge in [-0.05, 0) is 32.2 Å². The fourth-order valence-electron chi connectivity index (χ4n) is 3.03. The van der Waals surface area contributed by atoms with Gasteiger partial charge in [0.2, 0.25) is 17.7 Å². The van der Waals surface area contributed by atoms with Gasteiger partial charge in [-0.2, -0.15) is 12.6 Å². The standard InChI is InChI=1S/C20H33N7O7S/c21-6-2-1-3-14(20(33)34)26-19(32)15(9-35)27-18(31)13(4-5-16(28)29)25-17(30)12(22)7-11-8-23-10-24-11/h8,10,12-15,35H,1-7,9,21-22H2,(H,23,24)(H,25,30)(H,26,32)(H,27,31)(H,28,29)(H,33,34). The normalized spacial score (nSPS) is 14.3. The zero-order valence-corrected chi connectivity index (χ0v) is 20.0.